The number of nitrogens with one attached hydrogen (secondary N) is 1. The van der Waals surface area contributed by atoms with Crippen molar-refractivity contribution in [1.82, 2.24) is 5.43 Å². The molecule has 0 amide bonds. The summed E-state index contributed by atoms with van der Waals surface area (Å²) in [5.74, 6) is 5.22. The lowest BCUT2D eigenvalue weighted by atomic mass is 10.1. The van der Waals surface area contributed by atoms with Gasteiger partial charge >= 0.3 is 0 Å². The van der Waals surface area contributed by atoms with E-state index in [0.717, 1.165) is 24.0 Å². The molecule has 0 aliphatic heterocycles. The minimum Gasteiger partial charge on any atom is -0.271 e. The summed E-state index contributed by atoms with van der Waals surface area (Å²) in [5, 5.41) is 0. The molecule has 1 aliphatic rings. The van der Waals surface area contributed by atoms with Gasteiger partial charge in [-0.3, -0.25) is 11.3 Å². The topological polar surface area (TPSA) is 38.0 Å². The molecule has 1 aliphatic carbocycles. The highest BCUT2D eigenvalue weighted by Gasteiger charge is 2.23. The maximum absolute atomic E-state index is 13.1. The number of hydrogen-bond donors (Lipinski definition) is 2. The summed E-state index contributed by atoms with van der Waals surface area (Å²) >= 11 is 0. The molecule has 3 N–H and O–H groups in total. The summed E-state index contributed by atoms with van der Waals surface area (Å²) in [5.41, 5.74) is 4.51. The van der Waals surface area contributed by atoms with E-state index >= 15 is 0 Å². The first-order chi connectivity index (χ1) is 5.83. The van der Waals surface area contributed by atoms with Crippen LogP contribution in [-0.2, 0) is 6.42 Å². The van der Waals surface area contributed by atoms with Gasteiger partial charge in [0.25, 0.3) is 0 Å². The first kappa shape index (κ1) is 10.4. The largest absolute Gasteiger partial charge is 0.271 e. The molecule has 0 aromatic heterocycles. The maximum atomic E-state index is 13.1. The Bertz CT molecular complexity index is 304. The lowest BCUT2D eigenvalue weighted by molar-refractivity contribution is 0.551. The molecule has 72 valence electrons. The van der Waals surface area contributed by atoms with Crippen molar-refractivity contribution in [1.29, 1.82) is 0 Å². The molecule has 0 saturated heterocycles. The lowest BCUT2D eigenvalue weighted by Crippen LogP contribution is -2.26. The van der Waals surface area contributed by atoms with Gasteiger partial charge in [0.15, 0.2) is 0 Å². The highest BCUT2D eigenvalue weighted by molar-refractivity contribution is 5.85. The Morgan fingerprint density at radius 1 is 1.46 bits per heavy atom. The van der Waals surface area contributed by atoms with Gasteiger partial charge in [-0.1, -0.05) is 12.1 Å². The SMILES string of the molecule is Cl.NNC1CCc2c(F)cccc21. The standard InChI is InChI=1S/C9H11FN2.ClH/c10-8-3-1-2-7-6(8)4-5-9(7)12-11;/h1-3,9,12H,4-5,11H2;1H. The van der Waals surface area contributed by atoms with Gasteiger partial charge < -0.3 is 0 Å². The average Bonchev–Trinajstić information content (AvgIpc) is 2.49. The lowest BCUT2D eigenvalue weighted by Gasteiger charge is -2.08. The quantitative estimate of drug-likeness (QED) is 0.538. The Kier molecular flexibility index (Phi) is 3.25. The van der Waals surface area contributed by atoms with E-state index in [-0.39, 0.29) is 24.3 Å². The number of hydrogen-bond acceptors (Lipinski definition) is 2. The highest BCUT2D eigenvalue weighted by atomic mass is 35.5. The van der Waals surface area contributed by atoms with Crippen LogP contribution in [0.15, 0.2) is 18.2 Å². The van der Waals surface area contributed by atoms with Crippen LogP contribution in [0.25, 0.3) is 0 Å². The Morgan fingerprint density at radius 2 is 2.23 bits per heavy atom. The van der Waals surface area contributed by atoms with Crippen LogP contribution < -0.4 is 11.3 Å². The van der Waals surface area contributed by atoms with Crippen molar-refractivity contribution in [2.24, 2.45) is 5.84 Å². The molecule has 0 bridgehead atoms. The molecule has 4 heteroatoms. The van der Waals surface area contributed by atoms with E-state index in [1.165, 1.54) is 6.07 Å². The summed E-state index contributed by atoms with van der Waals surface area (Å²) in [7, 11) is 0. The summed E-state index contributed by atoms with van der Waals surface area (Å²) in [6.07, 6.45) is 1.68. The van der Waals surface area contributed by atoms with Crippen LogP contribution >= 0.6 is 12.4 Å². The van der Waals surface area contributed by atoms with Gasteiger partial charge in [-0.05, 0) is 30.0 Å². The van der Waals surface area contributed by atoms with E-state index in [1.54, 1.807) is 6.07 Å². The molecule has 1 aromatic carbocycles. The summed E-state index contributed by atoms with van der Waals surface area (Å²) < 4.78 is 13.1. The maximum Gasteiger partial charge on any atom is 0.126 e. The second kappa shape index (κ2) is 4.05. The third-order valence-corrected chi connectivity index (χ3v) is 2.41. The fourth-order valence-electron chi connectivity index (χ4n) is 1.78. The molecule has 1 atom stereocenters. The first-order valence-electron chi connectivity index (χ1n) is 4.06. The first-order valence-corrected chi connectivity index (χ1v) is 4.06. The number of halogens is 2. The number of rotatable bonds is 1. The van der Waals surface area contributed by atoms with Crippen molar-refractivity contribution < 1.29 is 4.39 Å². The number of benzene rings is 1. The Labute approximate surface area is 82.7 Å². The van der Waals surface area contributed by atoms with E-state index < -0.39 is 0 Å². The summed E-state index contributed by atoms with van der Waals surface area (Å²) in [6, 6.07) is 5.29. The van der Waals surface area contributed by atoms with Crippen LogP contribution in [-0.4, -0.2) is 0 Å². The van der Waals surface area contributed by atoms with E-state index in [1.807, 2.05) is 6.07 Å². The van der Waals surface area contributed by atoms with Gasteiger partial charge in [0.2, 0.25) is 0 Å². The fourth-order valence-corrected chi connectivity index (χ4v) is 1.78. The van der Waals surface area contributed by atoms with Crippen molar-refractivity contribution in [3.8, 4) is 0 Å². The van der Waals surface area contributed by atoms with Crippen LogP contribution in [0.5, 0.6) is 0 Å². The second-order valence-corrected chi connectivity index (χ2v) is 3.07. The minimum atomic E-state index is -0.106. The zero-order valence-corrected chi connectivity index (χ0v) is 7.90. The Balaban J connectivity index is 0.000000845. The predicted molar refractivity (Wildman–Crippen MR) is 52.0 cm³/mol. The van der Waals surface area contributed by atoms with E-state index in [9.17, 15) is 4.39 Å². The molecule has 2 rings (SSSR count). The normalized spacial score (nSPS) is 19.4. The molecule has 0 heterocycles. The summed E-state index contributed by atoms with van der Waals surface area (Å²) in [4.78, 5) is 0. The zero-order chi connectivity index (χ0) is 8.55. The molecule has 0 fully saturated rings. The van der Waals surface area contributed by atoms with E-state index in [2.05, 4.69) is 5.43 Å². The minimum absolute atomic E-state index is 0. The Morgan fingerprint density at radius 3 is 2.92 bits per heavy atom. The van der Waals surface area contributed by atoms with Crippen molar-refractivity contribution in [2.45, 2.75) is 18.9 Å². The molecular formula is C9H12ClFN2. The van der Waals surface area contributed by atoms with Gasteiger partial charge in [0.05, 0.1) is 0 Å². The van der Waals surface area contributed by atoms with Gasteiger partial charge in [0.1, 0.15) is 5.82 Å². The van der Waals surface area contributed by atoms with Crippen LogP contribution in [0, 0.1) is 5.82 Å². The Hall–Kier alpha value is -0.640. The van der Waals surface area contributed by atoms with E-state index in [4.69, 9.17) is 5.84 Å². The number of hydrazine groups is 1. The molecule has 0 spiro atoms. The molecule has 13 heavy (non-hydrogen) atoms. The molecular weight excluding hydrogens is 191 g/mol. The van der Waals surface area contributed by atoms with Crippen LogP contribution in [0.3, 0.4) is 0 Å². The fraction of sp³-hybridized carbons (Fsp3) is 0.333. The second-order valence-electron chi connectivity index (χ2n) is 3.07. The third kappa shape index (κ3) is 1.68. The monoisotopic (exact) mass is 202 g/mol. The van der Waals surface area contributed by atoms with Gasteiger partial charge in [-0.2, -0.15) is 0 Å². The van der Waals surface area contributed by atoms with Gasteiger partial charge in [-0.15, -0.1) is 12.4 Å². The van der Waals surface area contributed by atoms with Crippen molar-refractivity contribution in [3.05, 3.63) is 35.1 Å². The van der Waals surface area contributed by atoms with Crippen molar-refractivity contribution in [3.63, 3.8) is 0 Å². The van der Waals surface area contributed by atoms with E-state index in [0.29, 0.717) is 0 Å². The summed E-state index contributed by atoms with van der Waals surface area (Å²) in [6.45, 7) is 0. The van der Waals surface area contributed by atoms with Crippen LogP contribution in [0.2, 0.25) is 0 Å². The third-order valence-electron chi connectivity index (χ3n) is 2.41. The number of fused-ring (bicyclic) bond motifs is 1. The smallest absolute Gasteiger partial charge is 0.126 e. The molecule has 0 radical (unpaired) electrons. The van der Waals surface area contributed by atoms with Crippen molar-refractivity contribution in [2.75, 3.05) is 0 Å². The number of nitrogens with two attached hydrogens (primary N) is 1. The van der Waals surface area contributed by atoms with Crippen molar-refractivity contribution >= 4 is 12.4 Å². The molecule has 2 nitrogen and oxygen atoms in total. The van der Waals surface area contributed by atoms with Gasteiger partial charge in [-0.25, -0.2) is 4.39 Å². The van der Waals surface area contributed by atoms with Gasteiger partial charge in [0, 0.05) is 6.04 Å². The molecule has 0 saturated carbocycles. The van der Waals surface area contributed by atoms with Crippen LogP contribution in [0.1, 0.15) is 23.6 Å². The highest BCUT2D eigenvalue weighted by Crippen LogP contribution is 2.31. The average molecular weight is 203 g/mol. The molecule has 1 unspecified atom stereocenters. The molecule has 1 aromatic rings. The zero-order valence-electron chi connectivity index (χ0n) is 7.09. The van der Waals surface area contributed by atoms with Crippen LogP contribution in [0.4, 0.5) is 4.39 Å². The predicted octanol–water partition coefficient (Wildman–Crippen LogP) is 1.70.